The standard InChI is InChI=1S/C31H41IN4O3S/c1-21(2)16-26(34-31(38)29-18-23-8-5-6-9-28(23)40-29)30(37)33-24-12-14-36(20-24)19-22-10-11-25(32)27(17-22)39-15-7-13-35(3)4/h5-6,8-11,17-18,21,24,26H,7,12-16,19-20H2,1-4H3,(H,33,37)(H,34,38)/t24-,26-/m0/s1. The van der Waals surface area contributed by atoms with Crippen molar-refractivity contribution < 1.29 is 14.3 Å². The lowest BCUT2D eigenvalue weighted by atomic mass is 10.0. The number of halogens is 1. The summed E-state index contributed by atoms with van der Waals surface area (Å²) >= 11 is 3.79. The van der Waals surface area contributed by atoms with E-state index in [0.717, 1.165) is 58.4 Å². The number of carbonyl (C=O) groups is 2. The van der Waals surface area contributed by atoms with E-state index in [2.05, 4.69) is 89.2 Å². The predicted molar refractivity (Wildman–Crippen MR) is 172 cm³/mol. The van der Waals surface area contributed by atoms with Gasteiger partial charge >= 0.3 is 0 Å². The number of likely N-dealkylation sites (tertiary alicyclic amines) is 1. The summed E-state index contributed by atoms with van der Waals surface area (Å²) in [5.74, 6) is 0.928. The van der Waals surface area contributed by atoms with Crippen molar-refractivity contribution in [2.75, 3.05) is 40.3 Å². The van der Waals surface area contributed by atoms with Crippen LogP contribution in [0, 0.1) is 9.49 Å². The molecule has 1 aliphatic rings. The van der Waals surface area contributed by atoms with Crippen LogP contribution >= 0.6 is 33.9 Å². The number of carbonyl (C=O) groups excluding carboxylic acids is 2. The minimum atomic E-state index is -0.560. The highest BCUT2D eigenvalue weighted by molar-refractivity contribution is 14.1. The summed E-state index contributed by atoms with van der Waals surface area (Å²) in [5.41, 5.74) is 1.21. The van der Waals surface area contributed by atoms with Gasteiger partial charge in [-0.05, 0) is 97.1 Å². The third-order valence-electron chi connectivity index (χ3n) is 7.01. The van der Waals surface area contributed by atoms with Gasteiger partial charge in [-0.3, -0.25) is 14.5 Å². The Morgan fingerprint density at radius 3 is 2.73 bits per heavy atom. The van der Waals surface area contributed by atoms with Crippen molar-refractivity contribution in [1.29, 1.82) is 0 Å². The van der Waals surface area contributed by atoms with Gasteiger partial charge < -0.3 is 20.3 Å². The predicted octanol–water partition coefficient (Wildman–Crippen LogP) is 5.37. The molecule has 216 valence electrons. The molecule has 9 heteroatoms. The summed E-state index contributed by atoms with van der Waals surface area (Å²) in [6.45, 7) is 8.37. The first kappa shape index (κ1) is 30.7. The van der Waals surface area contributed by atoms with Gasteiger partial charge in [0.15, 0.2) is 0 Å². The Labute approximate surface area is 255 Å². The molecule has 0 bridgehead atoms. The van der Waals surface area contributed by atoms with Crippen molar-refractivity contribution >= 4 is 55.8 Å². The van der Waals surface area contributed by atoms with Gasteiger partial charge in [-0.1, -0.05) is 38.1 Å². The molecule has 1 aliphatic heterocycles. The van der Waals surface area contributed by atoms with Crippen molar-refractivity contribution in [2.45, 2.75) is 51.7 Å². The molecule has 0 aliphatic carbocycles. The van der Waals surface area contributed by atoms with Crippen LogP contribution in [-0.4, -0.2) is 74.0 Å². The van der Waals surface area contributed by atoms with Crippen molar-refractivity contribution in [2.24, 2.45) is 5.92 Å². The molecule has 3 aromatic rings. The van der Waals surface area contributed by atoms with Gasteiger partial charge in [0, 0.05) is 36.9 Å². The first-order chi connectivity index (χ1) is 19.2. The molecule has 4 rings (SSSR count). The lowest BCUT2D eigenvalue weighted by Crippen LogP contribution is -2.50. The second-order valence-corrected chi connectivity index (χ2v) is 13.5. The Kier molecular flexibility index (Phi) is 11.2. The van der Waals surface area contributed by atoms with E-state index in [0.29, 0.717) is 17.9 Å². The van der Waals surface area contributed by atoms with Crippen molar-refractivity contribution in [3.05, 3.63) is 62.5 Å². The highest BCUT2D eigenvalue weighted by Crippen LogP contribution is 2.26. The van der Waals surface area contributed by atoms with E-state index in [1.54, 1.807) is 0 Å². The van der Waals surface area contributed by atoms with Gasteiger partial charge in [-0.15, -0.1) is 11.3 Å². The van der Waals surface area contributed by atoms with Crippen LogP contribution in [0.2, 0.25) is 0 Å². The van der Waals surface area contributed by atoms with Gasteiger partial charge in [0.25, 0.3) is 5.91 Å². The molecule has 2 N–H and O–H groups in total. The Morgan fingerprint density at radius 2 is 1.98 bits per heavy atom. The number of thiophene rings is 1. The summed E-state index contributed by atoms with van der Waals surface area (Å²) in [6, 6.07) is 15.8. The van der Waals surface area contributed by atoms with Crippen LogP contribution in [0.4, 0.5) is 0 Å². The summed E-state index contributed by atoms with van der Waals surface area (Å²) in [4.78, 5) is 31.6. The molecular weight excluding hydrogens is 635 g/mol. The van der Waals surface area contributed by atoms with Gasteiger partial charge in [0.05, 0.1) is 15.1 Å². The molecule has 0 saturated carbocycles. The Balaban J connectivity index is 1.30. The summed E-state index contributed by atoms with van der Waals surface area (Å²) in [6.07, 6.45) is 2.48. The van der Waals surface area contributed by atoms with Gasteiger partial charge in [0.1, 0.15) is 11.8 Å². The average Bonchev–Trinajstić information content (AvgIpc) is 3.54. The molecule has 0 radical (unpaired) electrons. The molecule has 2 amide bonds. The second kappa shape index (κ2) is 14.6. The minimum Gasteiger partial charge on any atom is -0.492 e. The monoisotopic (exact) mass is 676 g/mol. The van der Waals surface area contributed by atoms with Crippen LogP contribution in [-0.2, 0) is 11.3 Å². The highest BCUT2D eigenvalue weighted by atomic mass is 127. The summed E-state index contributed by atoms with van der Waals surface area (Å²) in [7, 11) is 4.15. The molecule has 1 aromatic heterocycles. The number of benzene rings is 2. The number of amides is 2. The molecule has 2 atom stereocenters. The third kappa shape index (κ3) is 8.89. The molecule has 2 aromatic carbocycles. The minimum absolute atomic E-state index is 0.0639. The molecular formula is C31H41IN4O3S. The smallest absolute Gasteiger partial charge is 0.262 e. The quantitative estimate of drug-likeness (QED) is 0.188. The van der Waals surface area contributed by atoms with Crippen LogP contribution in [0.25, 0.3) is 10.1 Å². The number of nitrogens with one attached hydrogen (secondary N) is 2. The van der Waals surface area contributed by atoms with E-state index >= 15 is 0 Å². The number of fused-ring (bicyclic) bond motifs is 1. The van der Waals surface area contributed by atoms with E-state index < -0.39 is 6.04 Å². The van der Waals surface area contributed by atoms with Crippen LogP contribution in [0.3, 0.4) is 0 Å². The molecule has 0 spiro atoms. The third-order valence-corrected chi connectivity index (χ3v) is 9.01. The first-order valence-electron chi connectivity index (χ1n) is 14.1. The number of nitrogens with zero attached hydrogens (tertiary/aromatic N) is 2. The summed E-state index contributed by atoms with van der Waals surface area (Å²) in [5, 5.41) is 7.29. The van der Waals surface area contributed by atoms with Crippen molar-refractivity contribution in [3.8, 4) is 5.75 Å². The van der Waals surface area contributed by atoms with E-state index in [4.69, 9.17) is 4.74 Å². The molecule has 7 nitrogen and oxygen atoms in total. The van der Waals surface area contributed by atoms with Crippen molar-refractivity contribution in [3.63, 3.8) is 0 Å². The van der Waals surface area contributed by atoms with Crippen LogP contribution in [0.15, 0.2) is 48.5 Å². The fourth-order valence-electron chi connectivity index (χ4n) is 5.00. The lowest BCUT2D eigenvalue weighted by molar-refractivity contribution is -0.124. The van der Waals surface area contributed by atoms with Crippen LogP contribution in [0.5, 0.6) is 5.75 Å². The number of rotatable bonds is 13. The van der Waals surface area contributed by atoms with Gasteiger partial charge in [-0.2, -0.15) is 0 Å². The van der Waals surface area contributed by atoms with Crippen molar-refractivity contribution in [1.82, 2.24) is 20.4 Å². The van der Waals surface area contributed by atoms with Gasteiger partial charge in [-0.25, -0.2) is 0 Å². The second-order valence-electron chi connectivity index (χ2n) is 11.3. The maximum absolute atomic E-state index is 13.3. The van der Waals surface area contributed by atoms with E-state index in [1.807, 2.05) is 30.3 Å². The zero-order chi connectivity index (χ0) is 28.6. The average molecular weight is 677 g/mol. The SMILES string of the molecule is CC(C)C[C@H](NC(=O)c1cc2ccccc2s1)C(=O)N[C@H]1CCN(Cc2ccc(I)c(OCCCN(C)C)c2)C1. The normalized spacial score (nSPS) is 16.5. The largest absolute Gasteiger partial charge is 0.492 e. The Morgan fingerprint density at radius 1 is 1.18 bits per heavy atom. The maximum atomic E-state index is 13.3. The van der Waals surface area contributed by atoms with Gasteiger partial charge in [0.2, 0.25) is 5.91 Å². The topological polar surface area (TPSA) is 73.9 Å². The molecule has 0 unspecified atom stereocenters. The maximum Gasteiger partial charge on any atom is 0.262 e. The lowest BCUT2D eigenvalue weighted by Gasteiger charge is -2.23. The Hall–Kier alpha value is -2.21. The van der Waals surface area contributed by atoms with Crippen LogP contribution < -0.4 is 15.4 Å². The molecule has 1 fully saturated rings. The number of ether oxygens (including phenoxy) is 1. The van der Waals surface area contributed by atoms with E-state index in [1.165, 1.54) is 16.9 Å². The Bertz CT molecular complexity index is 1260. The zero-order valence-corrected chi connectivity index (χ0v) is 26.9. The fraction of sp³-hybridized carbons (Fsp3) is 0.484. The van der Waals surface area contributed by atoms with Crippen LogP contribution in [0.1, 0.15) is 48.3 Å². The molecule has 40 heavy (non-hydrogen) atoms. The van der Waals surface area contributed by atoms with E-state index in [9.17, 15) is 9.59 Å². The van der Waals surface area contributed by atoms with E-state index in [-0.39, 0.29) is 23.8 Å². The first-order valence-corrected chi connectivity index (χ1v) is 16.0. The number of hydrogen-bond acceptors (Lipinski definition) is 6. The zero-order valence-electron chi connectivity index (χ0n) is 23.9. The fourth-order valence-corrected chi connectivity index (χ4v) is 6.46. The molecule has 1 saturated heterocycles. The summed E-state index contributed by atoms with van der Waals surface area (Å²) < 4.78 is 8.25. The molecule has 2 heterocycles. The highest BCUT2D eigenvalue weighted by Gasteiger charge is 2.29. The number of hydrogen-bond donors (Lipinski definition) is 2.